The zero-order valence-corrected chi connectivity index (χ0v) is 20.3. The quantitative estimate of drug-likeness (QED) is 0.261. The highest BCUT2D eigenvalue weighted by Crippen LogP contribution is 2.40. The summed E-state index contributed by atoms with van der Waals surface area (Å²) in [5.41, 5.74) is 5.27. The zero-order chi connectivity index (χ0) is 25.1. The standard InChI is InChI=1S/C25H22BrN3O6/c1-14-3-2-4-19-21(14)24(33)29(23(19)32)18-11-7-16(8-12-18)25(34)35-13-20(30)27-28-22(31)15-5-9-17(26)10-6-15/h2-3,5-12,14,19,21H,4,13H2,1H3,(H,27,30)(H,28,31)/t14-,19-,21-/m1/s1. The molecule has 1 fully saturated rings. The fourth-order valence-corrected chi connectivity index (χ4v) is 4.46. The lowest BCUT2D eigenvalue weighted by atomic mass is 9.78. The molecule has 0 saturated carbocycles. The van der Waals surface area contributed by atoms with Gasteiger partial charge < -0.3 is 4.74 Å². The molecular weight excluding hydrogens is 518 g/mol. The van der Waals surface area contributed by atoms with E-state index in [0.717, 1.165) is 4.47 Å². The molecule has 1 saturated heterocycles. The molecule has 9 nitrogen and oxygen atoms in total. The number of halogens is 1. The molecule has 2 aromatic carbocycles. The highest BCUT2D eigenvalue weighted by Gasteiger charge is 2.50. The summed E-state index contributed by atoms with van der Waals surface area (Å²) in [5, 5.41) is 0. The summed E-state index contributed by atoms with van der Waals surface area (Å²) < 4.78 is 5.79. The number of carbonyl (C=O) groups excluding carboxylic acids is 5. The molecule has 4 amide bonds. The van der Waals surface area contributed by atoms with Crippen molar-refractivity contribution >= 4 is 51.2 Å². The Balaban J connectivity index is 1.29. The second-order valence-electron chi connectivity index (χ2n) is 8.30. The van der Waals surface area contributed by atoms with Crippen molar-refractivity contribution in [2.75, 3.05) is 11.5 Å². The molecular formula is C25H22BrN3O6. The van der Waals surface area contributed by atoms with E-state index < -0.39 is 24.4 Å². The molecule has 0 aromatic heterocycles. The van der Waals surface area contributed by atoms with Gasteiger partial charge in [0, 0.05) is 10.0 Å². The normalized spacial score (nSPS) is 20.9. The molecule has 2 aromatic rings. The zero-order valence-electron chi connectivity index (χ0n) is 18.7. The van der Waals surface area contributed by atoms with Crippen LogP contribution >= 0.6 is 15.9 Å². The van der Waals surface area contributed by atoms with Gasteiger partial charge in [-0.05, 0) is 60.9 Å². The van der Waals surface area contributed by atoms with Gasteiger partial charge in [0.2, 0.25) is 11.8 Å². The largest absolute Gasteiger partial charge is 0.452 e. The van der Waals surface area contributed by atoms with Crippen LogP contribution in [-0.2, 0) is 19.1 Å². The van der Waals surface area contributed by atoms with E-state index in [-0.39, 0.29) is 35.1 Å². The second-order valence-corrected chi connectivity index (χ2v) is 9.22. The highest BCUT2D eigenvalue weighted by atomic mass is 79.9. The molecule has 0 bridgehead atoms. The monoisotopic (exact) mass is 539 g/mol. The van der Waals surface area contributed by atoms with E-state index >= 15 is 0 Å². The first-order valence-electron chi connectivity index (χ1n) is 10.9. The van der Waals surface area contributed by atoms with Gasteiger partial charge >= 0.3 is 5.97 Å². The van der Waals surface area contributed by atoms with Crippen LogP contribution in [0.15, 0.2) is 65.2 Å². The van der Waals surface area contributed by atoms with Gasteiger partial charge in [-0.15, -0.1) is 0 Å². The van der Waals surface area contributed by atoms with Crippen LogP contribution < -0.4 is 15.8 Å². The van der Waals surface area contributed by atoms with Crippen molar-refractivity contribution < 1.29 is 28.7 Å². The van der Waals surface area contributed by atoms with Crippen molar-refractivity contribution in [3.8, 4) is 0 Å². The number of esters is 1. The number of nitrogens with zero attached hydrogens (tertiary/aromatic N) is 1. The Hall–Kier alpha value is -3.79. The van der Waals surface area contributed by atoms with Crippen LogP contribution in [0.2, 0.25) is 0 Å². The number of carbonyl (C=O) groups is 5. The number of ether oxygens (including phenoxy) is 1. The minimum Gasteiger partial charge on any atom is -0.452 e. The molecule has 180 valence electrons. The number of allylic oxidation sites excluding steroid dienone is 2. The summed E-state index contributed by atoms with van der Waals surface area (Å²) in [6.45, 7) is 1.31. The fourth-order valence-electron chi connectivity index (χ4n) is 4.20. The maximum absolute atomic E-state index is 12.9. The summed E-state index contributed by atoms with van der Waals surface area (Å²) in [7, 11) is 0. The minimum absolute atomic E-state index is 0.0183. The SMILES string of the molecule is C[C@@H]1C=CC[C@H]2C(=O)N(c3ccc(C(=O)OCC(=O)NNC(=O)c4ccc(Br)cc4)cc3)C(=O)[C@H]12. The molecule has 0 unspecified atom stereocenters. The Bertz CT molecular complexity index is 1210. The molecule has 0 spiro atoms. The number of hydrazine groups is 1. The summed E-state index contributed by atoms with van der Waals surface area (Å²) in [4.78, 5) is 63.1. The van der Waals surface area contributed by atoms with E-state index in [1.807, 2.05) is 19.1 Å². The van der Waals surface area contributed by atoms with Gasteiger partial charge in [-0.1, -0.05) is 35.0 Å². The number of imide groups is 1. The van der Waals surface area contributed by atoms with E-state index in [4.69, 9.17) is 4.74 Å². The van der Waals surface area contributed by atoms with Gasteiger partial charge in [0.05, 0.1) is 23.1 Å². The Morgan fingerprint density at radius 2 is 1.63 bits per heavy atom. The average molecular weight is 540 g/mol. The third-order valence-corrected chi connectivity index (χ3v) is 6.52. The summed E-state index contributed by atoms with van der Waals surface area (Å²) in [5.74, 6) is -3.26. The lowest BCUT2D eigenvalue weighted by Crippen LogP contribution is -2.43. The summed E-state index contributed by atoms with van der Waals surface area (Å²) >= 11 is 3.27. The Morgan fingerprint density at radius 3 is 2.29 bits per heavy atom. The molecule has 1 aliphatic carbocycles. The van der Waals surface area contributed by atoms with Gasteiger partial charge in [0.1, 0.15) is 0 Å². The molecule has 0 radical (unpaired) electrons. The van der Waals surface area contributed by atoms with Crippen LogP contribution in [0.25, 0.3) is 0 Å². The predicted octanol–water partition coefficient (Wildman–Crippen LogP) is 2.77. The number of hydrogen-bond donors (Lipinski definition) is 2. The van der Waals surface area contributed by atoms with Crippen LogP contribution in [0.4, 0.5) is 5.69 Å². The first kappa shape index (κ1) is 24.3. The third kappa shape index (κ3) is 5.17. The average Bonchev–Trinajstić information content (AvgIpc) is 3.12. The predicted molar refractivity (Wildman–Crippen MR) is 129 cm³/mol. The smallest absolute Gasteiger partial charge is 0.338 e. The molecule has 1 heterocycles. The van der Waals surface area contributed by atoms with Crippen molar-refractivity contribution in [1.82, 2.24) is 10.9 Å². The van der Waals surface area contributed by atoms with Crippen molar-refractivity contribution in [1.29, 1.82) is 0 Å². The van der Waals surface area contributed by atoms with Crippen molar-refractivity contribution in [3.05, 3.63) is 76.3 Å². The number of amides is 4. The van der Waals surface area contributed by atoms with Crippen LogP contribution in [-0.4, -0.2) is 36.2 Å². The lowest BCUT2D eigenvalue weighted by molar-refractivity contribution is -0.125. The second kappa shape index (κ2) is 10.2. The Kier molecular flexibility index (Phi) is 7.11. The van der Waals surface area contributed by atoms with E-state index in [0.29, 0.717) is 17.7 Å². The molecule has 35 heavy (non-hydrogen) atoms. The van der Waals surface area contributed by atoms with E-state index in [9.17, 15) is 24.0 Å². The fraction of sp³-hybridized carbons (Fsp3) is 0.240. The number of benzene rings is 2. The van der Waals surface area contributed by atoms with E-state index in [2.05, 4.69) is 26.8 Å². The van der Waals surface area contributed by atoms with Crippen molar-refractivity contribution in [2.45, 2.75) is 13.3 Å². The molecule has 2 N–H and O–H groups in total. The minimum atomic E-state index is -0.767. The molecule has 3 atom stereocenters. The first-order chi connectivity index (χ1) is 16.8. The lowest BCUT2D eigenvalue weighted by Gasteiger charge is -2.22. The molecule has 10 heteroatoms. The highest BCUT2D eigenvalue weighted by molar-refractivity contribution is 9.10. The first-order valence-corrected chi connectivity index (χ1v) is 11.7. The van der Waals surface area contributed by atoms with Gasteiger partial charge in [-0.2, -0.15) is 0 Å². The van der Waals surface area contributed by atoms with Crippen molar-refractivity contribution in [3.63, 3.8) is 0 Å². The molecule has 1 aliphatic heterocycles. The van der Waals surface area contributed by atoms with Crippen LogP contribution in [0.3, 0.4) is 0 Å². The van der Waals surface area contributed by atoms with Crippen LogP contribution in [0.1, 0.15) is 34.1 Å². The van der Waals surface area contributed by atoms with Crippen LogP contribution in [0, 0.1) is 17.8 Å². The van der Waals surface area contributed by atoms with Crippen LogP contribution in [0.5, 0.6) is 0 Å². The van der Waals surface area contributed by atoms with E-state index in [1.165, 1.54) is 29.2 Å². The van der Waals surface area contributed by atoms with Crippen molar-refractivity contribution in [2.24, 2.45) is 17.8 Å². The molecule has 4 rings (SSSR count). The summed E-state index contributed by atoms with van der Waals surface area (Å²) in [6, 6.07) is 12.4. The number of hydrogen-bond acceptors (Lipinski definition) is 6. The number of fused-ring (bicyclic) bond motifs is 1. The molecule has 2 aliphatic rings. The maximum atomic E-state index is 12.9. The number of anilines is 1. The van der Waals surface area contributed by atoms with Gasteiger partial charge in [0.15, 0.2) is 6.61 Å². The summed E-state index contributed by atoms with van der Waals surface area (Å²) in [6.07, 6.45) is 4.42. The maximum Gasteiger partial charge on any atom is 0.338 e. The van der Waals surface area contributed by atoms with E-state index in [1.54, 1.807) is 24.3 Å². The van der Waals surface area contributed by atoms with Gasteiger partial charge in [-0.3, -0.25) is 34.9 Å². The number of nitrogens with one attached hydrogen (secondary N) is 2. The number of rotatable bonds is 5. The third-order valence-electron chi connectivity index (χ3n) is 5.99. The topological polar surface area (TPSA) is 122 Å². The van der Waals surface area contributed by atoms with Gasteiger partial charge in [-0.25, -0.2) is 4.79 Å². The Labute approximate surface area is 209 Å². The van der Waals surface area contributed by atoms with Gasteiger partial charge in [0.25, 0.3) is 11.8 Å². The Morgan fingerprint density at radius 1 is 0.971 bits per heavy atom.